The molecule has 0 aliphatic rings. The SMILES string of the molecule is CCOC(=O)C(Cl)CCc1ccccc1Nc1ccccc1. The van der Waals surface area contributed by atoms with Gasteiger partial charge in [0.1, 0.15) is 5.38 Å². The molecule has 0 amide bonds. The third-order valence-electron chi connectivity index (χ3n) is 3.28. The predicted octanol–water partition coefficient (Wildman–Crippen LogP) is 4.53. The van der Waals surface area contributed by atoms with Crippen LogP contribution in [0.2, 0.25) is 0 Å². The summed E-state index contributed by atoms with van der Waals surface area (Å²) in [6.45, 7) is 2.13. The molecule has 4 heteroatoms. The summed E-state index contributed by atoms with van der Waals surface area (Å²) in [7, 11) is 0. The summed E-state index contributed by atoms with van der Waals surface area (Å²) < 4.78 is 4.93. The summed E-state index contributed by atoms with van der Waals surface area (Å²) in [6.07, 6.45) is 1.26. The number of carbonyl (C=O) groups excluding carboxylic acids is 1. The fourth-order valence-corrected chi connectivity index (χ4v) is 2.34. The van der Waals surface area contributed by atoms with E-state index in [9.17, 15) is 4.79 Å². The van der Waals surface area contributed by atoms with Gasteiger partial charge in [-0.2, -0.15) is 0 Å². The zero-order valence-corrected chi connectivity index (χ0v) is 13.3. The van der Waals surface area contributed by atoms with E-state index in [0.29, 0.717) is 19.4 Å². The van der Waals surface area contributed by atoms with Gasteiger partial charge >= 0.3 is 5.97 Å². The number of alkyl halides is 1. The van der Waals surface area contributed by atoms with Gasteiger partial charge in [-0.15, -0.1) is 11.6 Å². The van der Waals surface area contributed by atoms with Gasteiger partial charge < -0.3 is 10.1 Å². The zero-order valence-electron chi connectivity index (χ0n) is 12.6. The average Bonchev–Trinajstić information content (AvgIpc) is 2.55. The number of ether oxygens (including phenoxy) is 1. The molecule has 3 nitrogen and oxygen atoms in total. The lowest BCUT2D eigenvalue weighted by Crippen LogP contribution is -2.18. The van der Waals surface area contributed by atoms with Crippen LogP contribution in [-0.2, 0) is 16.0 Å². The van der Waals surface area contributed by atoms with E-state index in [2.05, 4.69) is 5.32 Å². The van der Waals surface area contributed by atoms with Crippen LogP contribution in [0.4, 0.5) is 11.4 Å². The van der Waals surface area contributed by atoms with Crippen molar-refractivity contribution in [1.82, 2.24) is 0 Å². The second-order valence-electron chi connectivity index (χ2n) is 4.91. The Labute approximate surface area is 136 Å². The van der Waals surface area contributed by atoms with Crippen LogP contribution in [0.3, 0.4) is 0 Å². The molecule has 0 aliphatic heterocycles. The summed E-state index contributed by atoms with van der Waals surface area (Å²) in [6, 6.07) is 18.0. The first kappa shape index (κ1) is 16.4. The second-order valence-corrected chi connectivity index (χ2v) is 5.43. The Morgan fingerprint density at radius 2 is 1.82 bits per heavy atom. The molecule has 2 aromatic rings. The quantitative estimate of drug-likeness (QED) is 0.602. The smallest absolute Gasteiger partial charge is 0.324 e. The largest absolute Gasteiger partial charge is 0.465 e. The van der Waals surface area contributed by atoms with Crippen molar-refractivity contribution in [2.75, 3.05) is 11.9 Å². The summed E-state index contributed by atoms with van der Waals surface area (Å²) in [5.41, 5.74) is 3.19. The minimum Gasteiger partial charge on any atom is -0.465 e. The minimum absolute atomic E-state index is 0.349. The van der Waals surface area contributed by atoms with Crippen LogP contribution in [0.1, 0.15) is 18.9 Å². The number of carbonyl (C=O) groups is 1. The van der Waals surface area contributed by atoms with Crippen molar-refractivity contribution >= 4 is 28.9 Å². The molecule has 0 aliphatic carbocycles. The van der Waals surface area contributed by atoms with E-state index in [-0.39, 0.29) is 5.97 Å². The number of benzene rings is 2. The van der Waals surface area contributed by atoms with Crippen molar-refractivity contribution in [3.63, 3.8) is 0 Å². The number of para-hydroxylation sites is 2. The molecule has 0 spiro atoms. The molecule has 1 unspecified atom stereocenters. The van der Waals surface area contributed by atoms with Gasteiger partial charge in [-0.1, -0.05) is 36.4 Å². The van der Waals surface area contributed by atoms with Crippen LogP contribution in [0.25, 0.3) is 0 Å². The van der Waals surface area contributed by atoms with Crippen molar-refractivity contribution in [2.24, 2.45) is 0 Å². The maximum atomic E-state index is 11.6. The molecule has 0 saturated carbocycles. The molecule has 2 rings (SSSR count). The highest BCUT2D eigenvalue weighted by atomic mass is 35.5. The van der Waals surface area contributed by atoms with Gasteiger partial charge in [-0.3, -0.25) is 4.79 Å². The Kier molecular flexibility index (Phi) is 6.28. The van der Waals surface area contributed by atoms with Gasteiger partial charge in [-0.25, -0.2) is 0 Å². The summed E-state index contributed by atoms with van der Waals surface area (Å²) >= 11 is 6.08. The summed E-state index contributed by atoms with van der Waals surface area (Å²) in [4.78, 5) is 11.6. The number of anilines is 2. The maximum Gasteiger partial charge on any atom is 0.324 e. The lowest BCUT2D eigenvalue weighted by atomic mass is 10.1. The van der Waals surface area contributed by atoms with Crippen molar-refractivity contribution in [2.45, 2.75) is 25.1 Å². The number of esters is 1. The number of rotatable bonds is 7. The summed E-state index contributed by atoms with van der Waals surface area (Å²) in [5.74, 6) is -0.349. The second kappa shape index (κ2) is 8.44. The van der Waals surface area contributed by atoms with Gasteiger partial charge in [0, 0.05) is 11.4 Å². The van der Waals surface area contributed by atoms with Gasteiger partial charge in [0.05, 0.1) is 6.61 Å². The number of nitrogens with one attached hydrogen (secondary N) is 1. The van der Waals surface area contributed by atoms with Crippen molar-refractivity contribution in [1.29, 1.82) is 0 Å². The molecular formula is C18H20ClNO2. The van der Waals surface area contributed by atoms with E-state index in [0.717, 1.165) is 16.9 Å². The van der Waals surface area contributed by atoms with Crippen LogP contribution in [0, 0.1) is 0 Å². The zero-order chi connectivity index (χ0) is 15.8. The third kappa shape index (κ3) is 4.78. The van der Waals surface area contributed by atoms with Crippen molar-refractivity contribution < 1.29 is 9.53 Å². The Hall–Kier alpha value is -2.00. The Morgan fingerprint density at radius 3 is 2.55 bits per heavy atom. The number of hydrogen-bond acceptors (Lipinski definition) is 3. The van der Waals surface area contributed by atoms with E-state index in [1.165, 1.54) is 0 Å². The molecule has 0 radical (unpaired) electrons. The first-order valence-electron chi connectivity index (χ1n) is 7.41. The number of aryl methyl sites for hydroxylation is 1. The van der Waals surface area contributed by atoms with E-state index < -0.39 is 5.38 Å². The van der Waals surface area contributed by atoms with Crippen molar-refractivity contribution in [3.05, 3.63) is 60.2 Å². The van der Waals surface area contributed by atoms with Gasteiger partial charge in [0.15, 0.2) is 0 Å². The van der Waals surface area contributed by atoms with Crippen LogP contribution < -0.4 is 5.32 Å². The van der Waals surface area contributed by atoms with Gasteiger partial charge in [-0.05, 0) is 43.5 Å². The topological polar surface area (TPSA) is 38.3 Å². The molecular weight excluding hydrogens is 298 g/mol. The number of hydrogen-bond donors (Lipinski definition) is 1. The van der Waals surface area contributed by atoms with E-state index in [1.54, 1.807) is 6.92 Å². The summed E-state index contributed by atoms with van der Waals surface area (Å²) in [5, 5.41) is 2.78. The Bertz CT molecular complexity index is 601. The maximum absolute atomic E-state index is 11.6. The predicted molar refractivity (Wildman–Crippen MR) is 90.8 cm³/mol. The molecule has 2 aromatic carbocycles. The fourth-order valence-electron chi connectivity index (χ4n) is 2.17. The molecule has 116 valence electrons. The molecule has 22 heavy (non-hydrogen) atoms. The van der Waals surface area contributed by atoms with Crippen LogP contribution in [0.15, 0.2) is 54.6 Å². The standard InChI is InChI=1S/C18H20ClNO2/c1-2-22-18(21)16(19)13-12-14-8-6-7-11-17(14)20-15-9-4-3-5-10-15/h3-11,16,20H,2,12-13H2,1H3. The normalized spacial score (nSPS) is 11.7. The monoisotopic (exact) mass is 317 g/mol. The van der Waals surface area contributed by atoms with Crippen LogP contribution in [0.5, 0.6) is 0 Å². The molecule has 0 saturated heterocycles. The third-order valence-corrected chi connectivity index (χ3v) is 3.68. The minimum atomic E-state index is -0.607. The molecule has 0 fully saturated rings. The lowest BCUT2D eigenvalue weighted by Gasteiger charge is -2.13. The highest BCUT2D eigenvalue weighted by Gasteiger charge is 2.16. The highest BCUT2D eigenvalue weighted by molar-refractivity contribution is 6.29. The first-order valence-corrected chi connectivity index (χ1v) is 7.85. The molecule has 1 atom stereocenters. The van der Waals surface area contributed by atoms with Gasteiger partial charge in [0.2, 0.25) is 0 Å². The van der Waals surface area contributed by atoms with Crippen LogP contribution >= 0.6 is 11.6 Å². The molecule has 0 aromatic heterocycles. The van der Waals surface area contributed by atoms with Crippen LogP contribution in [-0.4, -0.2) is 18.0 Å². The fraction of sp³-hybridized carbons (Fsp3) is 0.278. The Balaban J connectivity index is 2.01. The van der Waals surface area contributed by atoms with Gasteiger partial charge in [0.25, 0.3) is 0 Å². The first-order chi connectivity index (χ1) is 10.7. The van der Waals surface area contributed by atoms with E-state index in [1.807, 2.05) is 54.6 Å². The Morgan fingerprint density at radius 1 is 1.14 bits per heavy atom. The lowest BCUT2D eigenvalue weighted by molar-refractivity contribution is -0.142. The van der Waals surface area contributed by atoms with E-state index >= 15 is 0 Å². The molecule has 1 N–H and O–H groups in total. The van der Waals surface area contributed by atoms with E-state index in [4.69, 9.17) is 16.3 Å². The van der Waals surface area contributed by atoms with Crippen molar-refractivity contribution in [3.8, 4) is 0 Å². The average molecular weight is 318 g/mol. The number of halogens is 1. The molecule has 0 bridgehead atoms. The highest BCUT2D eigenvalue weighted by Crippen LogP contribution is 2.23. The molecule has 0 heterocycles.